The summed E-state index contributed by atoms with van der Waals surface area (Å²) in [6, 6.07) is 6.71. The average molecular weight is 433 g/mol. The number of nitriles is 1. The Morgan fingerprint density at radius 2 is 2.08 bits per heavy atom. The average Bonchev–Trinajstić information content (AvgIpc) is 2.62. The largest absolute Gasteiger partial charge is 0.496 e. The predicted octanol–water partition coefficient (Wildman–Crippen LogP) is 0.277. The van der Waals surface area contributed by atoms with Crippen molar-refractivity contribution in [2.24, 2.45) is 0 Å². The smallest absolute Gasteiger partial charge is 0.243 e. The summed E-state index contributed by atoms with van der Waals surface area (Å²) >= 11 is 3.32. The van der Waals surface area contributed by atoms with Gasteiger partial charge in [0, 0.05) is 13.0 Å². The molecule has 0 aliphatic carbocycles. The highest BCUT2D eigenvalue weighted by atomic mass is 79.9. The van der Waals surface area contributed by atoms with Crippen molar-refractivity contribution in [3.63, 3.8) is 0 Å². The summed E-state index contributed by atoms with van der Waals surface area (Å²) in [5.74, 6) is 0.570. The number of quaternary nitrogens is 1. The number of methoxy groups -OCH3 is 1. The highest BCUT2D eigenvalue weighted by Gasteiger charge is 2.26. The van der Waals surface area contributed by atoms with Crippen molar-refractivity contribution in [1.82, 2.24) is 4.31 Å². The van der Waals surface area contributed by atoms with E-state index in [9.17, 15) is 8.42 Å². The lowest BCUT2D eigenvalue weighted by Gasteiger charge is -2.27. The van der Waals surface area contributed by atoms with E-state index in [1.54, 1.807) is 6.07 Å². The van der Waals surface area contributed by atoms with Crippen molar-refractivity contribution in [3.05, 3.63) is 22.7 Å². The van der Waals surface area contributed by atoms with Crippen LogP contribution in [0.1, 0.15) is 6.42 Å². The van der Waals surface area contributed by atoms with Crippen LogP contribution in [0.4, 0.5) is 0 Å². The van der Waals surface area contributed by atoms with E-state index in [2.05, 4.69) is 15.9 Å². The van der Waals surface area contributed by atoms with E-state index in [0.29, 0.717) is 36.5 Å². The zero-order valence-electron chi connectivity index (χ0n) is 14.2. The Bertz CT molecular complexity index is 715. The van der Waals surface area contributed by atoms with Crippen LogP contribution in [0.5, 0.6) is 5.75 Å². The molecule has 1 saturated heterocycles. The van der Waals surface area contributed by atoms with Gasteiger partial charge in [-0.3, -0.25) is 0 Å². The van der Waals surface area contributed by atoms with Gasteiger partial charge in [0.25, 0.3) is 0 Å². The van der Waals surface area contributed by atoms with Crippen molar-refractivity contribution in [2.75, 3.05) is 53.0 Å². The molecule has 25 heavy (non-hydrogen) atoms. The second-order valence-corrected chi connectivity index (χ2v) is 8.51. The zero-order valence-corrected chi connectivity index (χ0v) is 16.6. The van der Waals surface area contributed by atoms with Crippen LogP contribution in [0, 0.1) is 11.3 Å². The van der Waals surface area contributed by atoms with Gasteiger partial charge in [0.05, 0.1) is 48.9 Å². The number of morpholine rings is 1. The molecule has 0 atom stereocenters. The number of hydrogen-bond acceptors (Lipinski definition) is 5. The third-order valence-electron chi connectivity index (χ3n) is 4.15. The third-order valence-corrected chi connectivity index (χ3v) is 6.66. The van der Waals surface area contributed by atoms with E-state index in [-0.39, 0.29) is 17.9 Å². The summed E-state index contributed by atoms with van der Waals surface area (Å²) in [5.41, 5.74) is 0. The van der Waals surface area contributed by atoms with E-state index in [4.69, 9.17) is 14.7 Å². The van der Waals surface area contributed by atoms with E-state index >= 15 is 0 Å². The molecule has 0 unspecified atom stereocenters. The molecular formula is C16H23BrN3O4S+. The van der Waals surface area contributed by atoms with Crippen molar-refractivity contribution in [3.8, 4) is 11.8 Å². The fourth-order valence-electron chi connectivity index (χ4n) is 2.68. The van der Waals surface area contributed by atoms with E-state index < -0.39 is 10.0 Å². The maximum Gasteiger partial charge on any atom is 0.243 e. The number of sulfonamides is 1. The second-order valence-electron chi connectivity index (χ2n) is 5.72. The molecule has 1 aliphatic rings. The number of halogens is 1. The van der Waals surface area contributed by atoms with Gasteiger partial charge < -0.3 is 14.4 Å². The normalized spacial score (nSPS) is 15.9. The first-order valence-corrected chi connectivity index (χ1v) is 10.3. The standard InChI is InChI=1S/C16H22BrN3O4S/c1-23-16-4-3-14(13-15(16)17)25(21,22)20(6-2-5-18)8-7-19-9-11-24-12-10-19/h3-4,13H,2,6-12H2,1H3/p+1. The SMILES string of the molecule is COc1ccc(S(=O)(=O)N(CCC#N)CC[NH+]2CCOCC2)cc1Br. The Labute approximate surface area is 157 Å². The molecule has 0 bridgehead atoms. The molecule has 1 N–H and O–H groups in total. The minimum Gasteiger partial charge on any atom is -0.496 e. The van der Waals surface area contributed by atoms with Gasteiger partial charge in [0.1, 0.15) is 18.8 Å². The van der Waals surface area contributed by atoms with Crippen LogP contribution in [0.15, 0.2) is 27.6 Å². The third kappa shape index (κ3) is 5.39. The van der Waals surface area contributed by atoms with E-state index in [1.807, 2.05) is 6.07 Å². The number of rotatable bonds is 8. The molecule has 9 heteroatoms. The molecule has 1 aliphatic heterocycles. The van der Waals surface area contributed by atoms with Gasteiger partial charge in [-0.15, -0.1) is 0 Å². The monoisotopic (exact) mass is 432 g/mol. The summed E-state index contributed by atoms with van der Waals surface area (Å²) in [7, 11) is -2.14. The predicted molar refractivity (Wildman–Crippen MR) is 96.1 cm³/mol. The molecule has 1 fully saturated rings. The number of benzene rings is 1. The number of nitrogens with one attached hydrogen (secondary N) is 1. The Hall–Kier alpha value is -1.18. The van der Waals surface area contributed by atoms with Gasteiger partial charge in [-0.2, -0.15) is 9.57 Å². The minimum atomic E-state index is -3.67. The Morgan fingerprint density at radius 1 is 1.36 bits per heavy atom. The van der Waals surface area contributed by atoms with Gasteiger partial charge in [0.15, 0.2) is 0 Å². The molecule has 2 rings (SSSR count). The van der Waals surface area contributed by atoms with Crippen LogP contribution in [-0.2, 0) is 14.8 Å². The number of hydrogen-bond donors (Lipinski definition) is 1. The first kappa shape index (κ1) is 20.1. The second kappa shape index (κ2) is 9.50. The Kier molecular flexibility index (Phi) is 7.65. The fourth-order valence-corrected chi connectivity index (χ4v) is 4.84. The molecule has 1 aromatic rings. The van der Waals surface area contributed by atoms with Gasteiger partial charge in [-0.25, -0.2) is 8.42 Å². The van der Waals surface area contributed by atoms with E-state index in [0.717, 1.165) is 13.1 Å². The summed E-state index contributed by atoms with van der Waals surface area (Å²) in [5, 5.41) is 8.86. The fraction of sp³-hybridized carbons (Fsp3) is 0.562. The van der Waals surface area contributed by atoms with Gasteiger partial charge >= 0.3 is 0 Å². The van der Waals surface area contributed by atoms with Crippen LogP contribution >= 0.6 is 15.9 Å². The van der Waals surface area contributed by atoms with Crippen molar-refractivity contribution in [1.29, 1.82) is 5.26 Å². The van der Waals surface area contributed by atoms with Gasteiger partial charge in [-0.1, -0.05) is 0 Å². The zero-order chi connectivity index (χ0) is 18.3. The lowest BCUT2D eigenvalue weighted by Crippen LogP contribution is -3.14. The molecule has 1 heterocycles. The highest BCUT2D eigenvalue weighted by Crippen LogP contribution is 2.28. The van der Waals surface area contributed by atoms with Crippen LogP contribution < -0.4 is 9.64 Å². The van der Waals surface area contributed by atoms with Crippen molar-refractivity contribution < 1.29 is 22.8 Å². The van der Waals surface area contributed by atoms with Crippen LogP contribution in [-0.4, -0.2) is 65.8 Å². The molecule has 7 nitrogen and oxygen atoms in total. The van der Waals surface area contributed by atoms with Gasteiger partial charge in [-0.05, 0) is 34.1 Å². The first-order chi connectivity index (χ1) is 12.0. The molecule has 0 amide bonds. The van der Waals surface area contributed by atoms with Crippen molar-refractivity contribution >= 4 is 26.0 Å². The summed E-state index contributed by atoms with van der Waals surface area (Å²) in [6.45, 7) is 4.42. The summed E-state index contributed by atoms with van der Waals surface area (Å²) in [4.78, 5) is 1.51. The lowest BCUT2D eigenvalue weighted by molar-refractivity contribution is -0.907. The Balaban J connectivity index is 2.16. The van der Waals surface area contributed by atoms with Crippen LogP contribution in [0.3, 0.4) is 0 Å². The van der Waals surface area contributed by atoms with Gasteiger partial charge in [0.2, 0.25) is 10.0 Å². The lowest BCUT2D eigenvalue weighted by atomic mass is 10.3. The topological polar surface area (TPSA) is 84.1 Å². The van der Waals surface area contributed by atoms with E-state index in [1.165, 1.54) is 28.4 Å². The maximum absolute atomic E-state index is 13.0. The number of nitrogens with zero attached hydrogens (tertiary/aromatic N) is 2. The molecule has 0 saturated carbocycles. The number of ether oxygens (including phenoxy) is 2. The molecule has 138 valence electrons. The molecule has 0 aromatic heterocycles. The van der Waals surface area contributed by atoms with Crippen LogP contribution in [0.25, 0.3) is 0 Å². The van der Waals surface area contributed by atoms with Crippen LogP contribution in [0.2, 0.25) is 0 Å². The molecular weight excluding hydrogens is 410 g/mol. The minimum absolute atomic E-state index is 0.162. The Morgan fingerprint density at radius 3 is 2.68 bits per heavy atom. The summed E-state index contributed by atoms with van der Waals surface area (Å²) < 4.78 is 38.4. The molecule has 0 spiro atoms. The summed E-state index contributed by atoms with van der Waals surface area (Å²) in [6.07, 6.45) is 0.162. The highest BCUT2D eigenvalue weighted by molar-refractivity contribution is 9.10. The quantitative estimate of drug-likeness (QED) is 0.637. The van der Waals surface area contributed by atoms with Crippen molar-refractivity contribution in [2.45, 2.75) is 11.3 Å². The molecule has 0 radical (unpaired) electrons. The first-order valence-electron chi connectivity index (χ1n) is 8.11. The molecule has 1 aromatic carbocycles. The maximum atomic E-state index is 13.0.